The van der Waals surface area contributed by atoms with Gasteiger partial charge in [0.1, 0.15) is 24.7 Å². The van der Waals surface area contributed by atoms with Crippen LogP contribution in [0.4, 0.5) is 4.79 Å². The fraction of sp³-hybridized carbons (Fsp3) is 0.590. The van der Waals surface area contributed by atoms with Crippen LogP contribution < -0.4 is 10.6 Å². The van der Waals surface area contributed by atoms with Crippen molar-refractivity contribution >= 4 is 32.2 Å². The molecule has 2 aromatic carbocycles. The molecule has 2 N–H and O–H groups in total. The number of nitrogens with one attached hydrogen (secondary N) is 2. The Morgan fingerprint density at radius 2 is 1.31 bits per heavy atom. The number of hydrogen-bond acceptors (Lipinski definition) is 6. The lowest BCUT2D eigenvalue weighted by Crippen LogP contribution is -2.64. The van der Waals surface area contributed by atoms with E-state index in [9.17, 15) is 19.2 Å². The molecule has 0 aromatic heterocycles. The maximum Gasteiger partial charge on any atom is 0.408 e. The van der Waals surface area contributed by atoms with Gasteiger partial charge in [0.25, 0.3) is 8.32 Å². The van der Waals surface area contributed by atoms with E-state index in [4.69, 9.17) is 9.16 Å². The van der Waals surface area contributed by atoms with Crippen LogP contribution in [0.3, 0.4) is 0 Å². The van der Waals surface area contributed by atoms with E-state index >= 15 is 0 Å². The standard InChI is InChI=1S/C39H59N3O6Si/c1-27(2)32(41-36(46)47-26-29-21-16-13-17-22-29)34(44)42-24-18-23-31(42)33(43)40-30(25-28-19-14-12-15-20-28)35(45)48-49(37(3,4)5,38(6,7)8)39(9,10)11/h12-17,19-22,27,30-32H,18,23-26H2,1-11H3,(H,40,43)(H,41,46)/t30-,31-,32-/m0/s1. The van der Waals surface area contributed by atoms with Crippen LogP contribution in [0.5, 0.6) is 0 Å². The monoisotopic (exact) mass is 693 g/mol. The molecule has 9 nitrogen and oxygen atoms in total. The lowest BCUT2D eigenvalue weighted by molar-refractivity contribution is -0.144. The van der Waals surface area contributed by atoms with Gasteiger partial charge in [-0.25, -0.2) is 4.79 Å². The molecule has 0 bridgehead atoms. The van der Waals surface area contributed by atoms with Crippen LogP contribution >= 0.6 is 0 Å². The first-order chi connectivity index (χ1) is 22.7. The van der Waals surface area contributed by atoms with Gasteiger partial charge in [-0.15, -0.1) is 0 Å². The molecular weight excluding hydrogens is 635 g/mol. The maximum atomic E-state index is 14.4. The second-order valence-corrected chi connectivity index (χ2v) is 22.8. The fourth-order valence-corrected chi connectivity index (χ4v) is 16.4. The second kappa shape index (κ2) is 15.9. The van der Waals surface area contributed by atoms with Gasteiger partial charge < -0.3 is 24.7 Å². The zero-order valence-corrected chi connectivity index (χ0v) is 32.5. The normalized spacial score (nSPS) is 16.9. The van der Waals surface area contributed by atoms with E-state index in [0.29, 0.717) is 19.4 Å². The van der Waals surface area contributed by atoms with E-state index in [1.165, 1.54) is 4.90 Å². The lowest BCUT2D eigenvalue weighted by atomic mass is 10.0. The number of amides is 3. The van der Waals surface area contributed by atoms with E-state index in [0.717, 1.165) is 11.1 Å². The van der Waals surface area contributed by atoms with Gasteiger partial charge in [-0.3, -0.25) is 14.4 Å². The third kappa shape index (κ3) is 9.53. The van der Waals surface area contributed by atoms with E-state index in [2.05, 4.69) is 72.9 Å². The molecule has 1 aliphatic rings. The van der Waals surface area contributed by atoms with Crippen LogP contribution in [-0.2, 0) is 36.6 Å². The fourth-order valence-electron chi connectivity index (χ4n) is 8.25. The molecule has 3 amide bonds. The number of benzene rings is 2. The van der Waals surface area contributed by atoms with Gasteiger partial charge in [0.2, 0.25) is 11.8 Å². The number of likely N-dealkylation sites (tertiary alicyclic amines) is 1. The summed E-state index contributed by atoms with van der Waals surface area (Å²) in [5.74, 6) is -1.48. The molecule has 2 aromatic rings. The first kappa shape index (κ1) is 39.8. The Morgan fingerprint density at radius 3 is 1.80 bits per heavy atom. The third-order valence-electron chi connectivity index (χ3n) is 9.56. The summed E-state index contributed by atoms with van der Waals surface area (Å²) in [5, 5.41) is 4.82. The van der Waals surface area contributed by atoms with Crippen LogP contribution in [0.25, 0.3) is 0 Å². The lowest BCUT2D eigenvalue weighted by Gasteiger charge is -2.57. The predicted octanol–water partition coefficient (Wildman–Crippen LogP) is 7.54. The Balaban J connectivity index is 1.85. The largest absolute Gasteiger partial charge is 0.516 e. The minimum atomic E-state index is -2.95. The molecule has 10 heteroatoms. The summed E-state index contributed by atoms with van der Waals surface area (Å²) < 4.78 is 12.2. The van der Waals surface area contributed by atoms with Crippen molar-refractivity contribution in [1.29, 1.82) is 0 Å². The van der Waals surface area contributed by atoms with Crippen LogP contribution in [-0.4, -0.2) is 61.8 Å². The average molecular weight is 694 g/mol. The van der Waals surface area contributed by atoms with Crippen molar-refractivity contribution in [2.24, 2.45) is 5.92 Å². The number of alkyl carbamates (subject to hydrolysis) is 1. The highest BCUT2D eigenvalue weighted by Gasteiger charge is 2.65. The second-order valence-electron chi connectivity index (χ2n) is 16.7. The van der Waals surface area contributed by atoms with Gasteiger partial charge in [0.15, 0.2) is 0 Å². The average Bonchev–Trinajstić information content (AvgIpc) is 3.50. The van der Waals surface area contributed by atoms with Crippen LogP contribution in [0.2, 0.25) is 15.1 Å². The SMILES string of the molecule is CC(C)[C@H](NC(=O)OCc1ccccc1)C(=O)N1CCC[C@H]1C(=O)N[C@@H](Cc1ccccc1)C(=O)O[Si](C(C)(C)C)(C(C)(C)C)C(C)(C)C. The predicted molar refractivity (Wildman–Crippen MR) is 196 cm³/mol. The van der Waals surface area contributed by atoms with Gasteiger partial charge in [0.05, 0.1) is 0 Å². The van der Waals surface area contributed by atoms with Gasteiger partial charge in [-0.05, 0) is 45.0 Å². The van der Waals surface area contributed by atoms with Crippen LogP contribution in [0.1, 0.15) is 100 Å². The van der Waals surface area contributed by atoms with Crippen molar-refractivity contribution in [3.8, 4) is 0 Å². The van der Waals surface area contributed by atoms with E-state index in [1.54, 1.807) is 0 Å². The topological polar surface area (TPSA) is 114 Å². The highest BCUT2D eigenvalue weighted by molar-refractivity contribution is 6.83. The molecule has 1 saturated heterocycles. The summed E-state index contributed by atoms with van der Waals surface area (Å²) in [6.45, 7) is 23.4. The van der Waals surface area contributed by atoms with Crippen molar-refractivity contribution in [2.45, 2.75) is 135 Å². The summed E-state index contributed by atoms with van der Waals surface area (Å²) in [4.78, 5) is 56.7. The zero-order valence-electron chi connectivity index (χ0n) is 31.5. The first-order valence-corrected chi connectivity index (χ1v) is 19.5. The molecule has 3 atom stereocenters. The number of carbonyl (C=O) groups is 4. The summed E-state index contributed by atoms with van der Waals surface area (Å²) in [5.41, 5.74) is 1.72. The van der Waals surface area contributed by atoms with Gasteiger partial charge in [-0.1, -0.05) is 137 Å². The molecule has 0 aliphatic carbocycles. The van der Waals surface area contributed by atoms with Crippen molar-refractivity contribution in [3.05, 3.63) is 71.8 Å². The summed E-state index contributed by atoms with van der Waals surface area (Å²) >= 11 is 0. The Bertz CT molecular complexity index is 1390. The molecule has 3 rings (SSSR count). The van der Waals surface area contributed by atoms with E-state index in [-0.39, 0.29) is 40.0 Å². The molecule has 0 unspecified atom stereocenters. The molecule has 0 radical (unpaired) electrons. The van der Waals surface area contributed by atoms with Crippen molar-refractivity contribution in [2.75, 3.05) is 6.54 Å². The quantitative estimate of drug-likeness (QED) is 0.235. The molecule has 270 valence electrons. The Hall–Kier alpha value is -3.66. The molecule has 1 heterocycles. The highest BCUT2D eigenvalue weighted by atomic mass is 28.4. The summed E-state index contributed by atoms with van der Waals surface area (Å²) in [6, 6.07) is 16.2. The van der Waals surface area contributed by atoms with Gasteiger partial charge in [0, 0.05) is 13.0 Å². The molecule has 0 saturated carbocycles. The van der Waals surface area contributed by atoms with Crippen LogP contribution in [0.15, 0.2) is 60.7 Å². The number of rotatable bonds is 11. The van der Waals surface area contributed by atoms with Gasteiger partial charge in [-0.2, -0.15) is 0 Å². The number of ether oxygens (including phenoxy) is 1. The number of hydrogen-bond donors (Lipinski definition) is 2. The third-order valence-corrected chi connectivity index (χ3v) is 16.4. The Kier molecular flexibility index (Phi) is 12.9. The Labute approximate surface area is 295 Å². The van der Waals surface area contributed by atoms with Crippen molar-refractivity contribution in [1.82, 2.24) is 15.5 Å². The highest BCUT2D eigenvalue weighted by Crippen LogP contribution is 2.62. The Morgan fingerprint density at radius 1 is 0.796 bits per heavy atom. The summed E-state index contributed by atoms with van der Waals surface area (Å²) in [6.07, 6.45) is 0.609. The maximum absolute atomic E-state index is 14.4. The minimum absolute atomic E-state index is 0.0725. The van der Waals surface area contributed by atoms with Crippen LogP contribution in [0, 0.1) is 5.92 Å². The van der Waals surface area contributed by atoms with Gasteiger partial charge >= 0.3 is 12.1 Å². The molecule has 0 spiro atoms. The smallest absolute Gasteiger partial charge is 0.408 e. The molecule has 1 fully saturated rings. The zero-order chi connectivity index (χ0) is 36.8. The van der Waals surface area contributed by atoms with E-state index < -0.39 is 44.4 Å². The summed E-state index contributed by atoms with van der Waals surface area (Å²) in [7, 11) is -2.95. The first-order valence-electron chi connectivity index (χ1n) is 17.5. The molecular formula is C39H59N3O6Si. The number of carbonyl (C=O) groups excluding carboxylic acids is 4. The molecule has 1 aliphatic heterocycles. The number of nitrogens with zero attached hydrogens (tertiary/aromatic N) is 1. The van der Waals surface area contributed by atoms with Crippen molar-refractivity contribution < 1.29 is 28.3 Å². The molecule has 49 heavy (non-hydrogen) atoms. The van der Waals surface area contributed by atoms with Crippen molar-refractivity contribution in [3.63, 3.8) is 0 Å². The minimum Gasteiger partial charge on any atom is -0.516 e. The van der Waals surface area contributed by atoms with E-state index in [1.807, 2.05) is 74.5 Å².